The zero-order valence-electron chi connectivity index (χ0n) is 12.1. The molecule has 0 bridgehead atoms. The summed E-state index contributed by atoms with van der Waals surface area (Å²) in [7, 11) is 0. The minimum Gasteiger partial charge on any atom is -0.388 e. The van der Waals surface area contributed by atoms with Crippen LogP contribution in [0, 0.1) is 0 Å². The molecule has 0 saturated carbocycles. The van der Waals surface area contributed by atoms with E-state index in [1.807, 2.05) is 6.92 Å². The van der Waals surface area contributed by atoms with Gasteiger partial charge in [0.05, 0.1) is 24.9 Å². The van der Waals surface area contributed by atoms with Gasteiger partial charge in [0.2, 0.25) is 0 Å². The van der Waals surface area contributed by atoms with Crippen LogP contribution in [0.3, 0.4) is 0 Å². The van der Waals surface area contributed by atoms with Crippen molar-refractivity contribution in [2.45, 2.75) is 37.5 Å². The summed E-state index contributed by atoms with van der Waals surface area (Å²) in [5.41, 5.74) is 1.80. The monoisotopic (exact) mass is 276 g/mol. The first-order valence-corrected chi connectivity index (χ1v) is 7.51. The Hall–Kier alpha value is -0.940. The predicted molar refractivity (Wildman–Crippen MR) is 78.7 cm³/mol. The van der Waals surface area contributed by atoms with Gasteiger partial charge in [-0.3, -0.25) is 0 Å². The molecule has 1 aromatic carbocycles. The molecule has 0 amide bonds. The van der Waals surface area contributed by atoms with Crippen LogP contribution in [0.5, 0.6) is 0 Å². The third kappa shape index (κ3) is 2.88. The molecule has 2 heterocycles. The zero-order chi connectivity index (χ0) is 14.0. The first-order chi connectivity index (χ1) is 9.67. The van der Waals surface area contributed by atoms with Gasteiger partial charge in [0.15, 0.2) is 0 Å². The number of morpholine rings is 1. The molecule has 110 valence electrons. The second kappa shape index (κ2) is 5.82. The van der Waals surface area contributed by atoms with Crippen LogP contribution in [0.1, 0.15) is 30.5 Å². The van der Waals surface area contributed by atoms with E-state index < -0.39 is 5.60 Å². The Morgan fingerprint density at radius 2 is 2.15 bits per heavy atom. The van der Waals surface area contributed by atoms with Crippen LogP contribution in [0.4, 0.5) is 0 Å². The van der Waals surface area contributed by atoms with Crippen molar-refractivity contribution in [2.75, 3.05) is 26.3 Å². The zero-order valence-corrected chi connectivity index (χ0v) is 12.1. The number of fused-ring (bicyclic) bond motifs is 1. The van der Waals surface area contributed by atoms with Crippen molar-refractivity contribution in [3.8, 4) is 0 Å². The highest BCUT2D eigenvalue weighted by atomic mass is 16.5. The topological polar surface area (TPSA) is 53.5 Å². The van der Waals surface area contributed by atoms with E-state index >= 15 is 0 Å². The van der Waals surface area contributed by atoms with Crippen LogP contribution in [0.25, 0.3) is 0 Å². The highest BCUT2D eigenvalue weighted by Crippen LogP contribution is 2.34. The molecule has 3 rings (SSSR count). The maximum atomic E-state index is 11.0. The van der Waals surface area contributed by atoms with Gasteiger partial charge in [-0.05, 0) is 37.4 Å². The van der Waals surface area contributed by atoms with Gasteiger partial charge in [-0.25, -0.2) is 0 Å². The average Bonchev–Trinajstić information content (AvgIpc) is 2.47. The summed E-state index contributed by atoms with van der Waals surface area (Å²) in [5.74, 6) is 0. The Morgan fingerprint density at radius 1 is 1.30 bits per heavy atom. The molecule has 3 N–H and O–H groups in total. The first-order valence-electron chi connectivity index (χ1n) is 7.51. The Labute approximate surface area is 120 Å². The van der Waals surface area contributed by atoms with Crippen LogP contribution >= 0.6 is 0 Å². The van der Waals surface area contributed by atoms with Crippen LogP contribution < -0.4 is 10.6 Å². The average molecular weight is 276 g/mol. The molecule has 0 aliphatic carbocycles. The molecular formula is C16H24N2O2. The second-order valence-corrected chi connectivity index (χ2v) is 6.12. The summed E-state index contributed by atoms with van der Waals surface area (Å²) >= 11 is 0. The standard InChI is InChI=1S/C16H24N2O2/c1-16(19,10-13-11-20-9-8-17-13)15-14-5-3-2-4-12(14)6-7-18-15/h2-5,13,15,17-19H,6-11H2,1H3. The fourth-order valence-electron chi connectivity index (χ4n) is 3.43. The van der Waals surface area contributed by atoms with E-state index in [0.29, 0.717) is 13.0 Å². The summed E-state index contributed by atoms with van der Waals surface area (Å²) in [5, 5.41) is 17.9. The molecule has 0 aromatic heterocycles. The van der Waals surface area contributed by atoms with E-state index in [4.69, 9.17) is 4.74 Å². The van der Waals surface area contributed by atoms with Crippen molar-refractivity contribution in [3.63, 3.8) is 0 Å². The lowest BCUT2D eigenvalue weighted by Gasteiger charge is -2.40. The van der Waals surface area contributed by atoms with Crippen molar-refractivity contribution in [1.82, 2.24) is 10.6 Å². The number of ether oxygens (including phenoxy) is 1. The van der Waals surface area contributed by atoms with Gasteiger partial charge in [-0.15, -0.1) is 0 Å². The van der Waals surface area contributed by atoms with E-state index in [2.05, 4.69) is 34.9 Å². The molecule has 4 nitrogen and oxygen atoms in total. The Bertz CT molecular complexity index is 456. The molecule has 2 aliphatic heterocycles. The van der Waals surface area contributed by atoms with E-state index in [-0.39, 0.29) is 12.1 Å². The van der Waals surface area contributed by atoms with Crippen LogP contribution in [0.2, 0.25) is 0 Å². The lowest BCUT2D eigenvalue weighted by atomic mass is 9.80. The van der Waals surface area contributed by atoms with Crippen LogP contribution in [0.15, 0.2) is 24.3 Å². The largest absolute Gasteiger partial charge is 0.388 e. The molecule has 2 aliphatic rings. The fourth-order valence-corrected chi connectivity index (χ4v) is 3.43. The van der Waals surface area contributed by atoms with E-state index in [0.717, 1.165) is 26.1 Å². The van der Waals surface area contributed by atoms with Gasteiger partial charge in [0.25, 0.3) is 0 Å². The highest BCUT2D eigenvalue weighted by Gasteiger charge is 2.38. The van der Waals surface area contributed by atoms with Crippen molar-refractivity contribution in [1.29, 1.82) is 0 Å². The summed E-state index contributed by atoms with van der Waals surface area (Å²) in [6, 6.07) is 8.65. The van der Waals surface area contributed by atoms with Gasteiger partial charge < -0.3 is 20.5 Å². The molecule has 3 unspecified atom stereocenters. The van der Waals surface area contributed by atoms with Crippen molar-refractivity contribution < 1.29 is 9.84 Å². The number of aliphatic hydroxyl groups is 1. The van der Waals surface area contributed by atoms with Gasteiger partial charge in [0.1, 0.15) is 0 Å². The predicted octanol–water partition coefficient (Wildman–Crippen LogP) is 1.00. The molecule has 20 heavy (non-hydrogen) atoms. The lowest BCUT2D eigenvalue weighted by molar-refractivity contribution is -0.0215. The van der Waals surface area contributed by atoms with Gasteiger partial charge in [-0.1, -0.05) is 24.3 Å². The molecular weight excluding hydrogens is 252 g/mol. The van der Waals surface area contributed by atoms with Crippen LogP contribution in [-0.4, -0.2) is 43.1 Å². The molecule has 4 heteroatoms. The molecule has 3 atom stereocenters. The van der Waals surface area contributed by atoms with E-state index in [9.17, 15) is 5.11 Å². The van der Waals surface area contributed by atoms with Crippen LogP contribution in [-0.2, 0) is 11.2 Å². The highest BCUT2D eigenvalue weighted by molar-refractivity contribution is 5.34. The minimum atomic E-state index is -0.783. The van der Waals surface area contributed by atoms with Crippen molar-refractivity contribution >= 4 is 0 Å². The second-order valence-electron chi connectivity index (χ2n) is 6.12. The quantitative estimate of drug-likeness (QED) is 0.771. The summed E-state index contributed by atoms with van der Waals surface area (Å²) in [6.07, 6.45) is 1.73. The first kappa shape index (κ1) is 14.0. The number of nitrogens with one attached hydrogen (secondary N) is 2. The number of hydrogen-bond acceptors (Lipinski definition) is 4. The van der Waals surface area contributed by atoms with Crippen molar-refractivity contribution in [2.24, 2.45) is 0 Å². The molecule has 1 aromatic rings. The van der Waals surface area contributed by atoms with E-state index in [1.54, 1.807) is 0 Å². The van der Waals surface area contributed by atoms with Gasteiger partial charge >= 0.3 is 0 Å². The third-order valence-corrected chi connectivity index (χ3v) is 4.39. The molecule has 1 fully saturated rings. The Balaban J connectivity index is 1.77. The third-order valence-electron chi connectivity index (χ3n) is 4.39. The van der Waals surface area contributed by atoms with Crippen molar-refractivity contribution in [3.05, 3.63) is 35.4 Å². The number of rotatable bonds is 3. The molecule has 1 saturated heterocycles. The normalized spacial score (nSPS) is 29.5. The summed E-state index contributed by atoms with van der Waals surface area (Å²) < 4.78 is 5.49. The molecule has 0 radical (unpaired) electrons. The lowest BCUT2D eigenvalue weighted by Crippen LogP contribution is -2.51. The summed E-state index contributed by atoms with van der Waals surface area (Å²) in [6.45, 7) is 5.18. The Morgan fingerprint density at radius 3 is 2.95 bits per heavy atom. The van der Waals surface area contributed by atoms with E-state index in [1.165, 1.54) is 11.1 Å². The molecule has 0 spiro atoms. The van der Waals surface area contributed by atoms with Gasteiger partial charge in [-0.2, -0.15) is 0 Å². The maximum Gasteiger partial charge on any atom is 0.0829 e. The number of hydrogen-bond donors (Lipinski definition) is 3. The van der Waals surface area contributed by atoms with Gasteiger partial charge in [0, 0.05) is 12.6 Å². The summed E-state index contributed by atoms with van der Waals surface area (Å²) in [4.78, 5) is 0. The smallest absolute Gasteiger partial charge is 0.0829 e. The SMILES string of the molecule is CC(O)(CC1COCCN1)C1NCCc2ccccc21. The maximum absolute atomic E-state index is 11.0. The minimum absolute atomic E-state index is 0.00354. The fraction of sp³-hybridized carbons (Fsp3) is 0.625. The Kier molecular flexibility index (Phi) is 4.08. The number of benzene rings is 1.